The van der Waals surface area contributed by atoms with Gasteiger partial charge >= 0.3 is 0 Å². The smallest absolute Gasteiger partial charge is 0.123 e. The van der Waals surface area contributed by atoms with Crippen LogP contribution in [0.15, 0.2) is 24.3 Å². The normalized spacial score (nSPS) is 26.2. The van der Waals surface area contributed by atoms with E-state index in [1.807, 2.05) is 6.07 Å². The maximum atomic E-state index is 13.0. The summed E-state index contributed by atoms with van der Waals surface area (Å²) in [6, 6.07) is 6.80. The zero-order valence-electron chi connectivity index (χ0n) is 9.75. The lowest BCUT2D eigenvalue weighted by Gasteiger charge is -2.23. The third-order valence-electron chi connectivity index (χ3n) is 3.38. The van der Waals surface area contributed by atoms with Crippen LogP contribution in [0.25, 0.3) is 0 Å². The summed E-state index contributed by atoms with van der Waals surface area (Å²) < 4.78 is 13.0. The number of benzene rings is 1. The van der Waals surface area contributed by atoms with E-state index in [2.05, 4.69) is 11.9 Å². The number of hydrogen-bond acceptors (Lipinski definition) is 2. The largest absolute Gasteiger partial charge is 0.324 e. The average molecular weight is 222 g/mol. The fourth-order valence-electron chi connectivity index (χ4n) is 2.40. The van der Waals surface area contributed by atoms with Crippen LogP contribution in [0.2, 0.25) is 0 Å². The molecule has 1 unspecified atom stereocenters. The van der Waals surface area contributed by atoms with E-state index in [9.17, 15) is 4.39 Å². The predicted octanol–water partition coefficient (Wildman–Crippen LogP) is 1.79. The summed E-state index contributed by atoms with van der Waals surface area (Å²) in [4.78, 5) is 2.26. The summed E-state index contributed by atoms with van der Waals surface area (Å²) in [7, 11) is 2.09. The summed E-state index contributed by atoms with van der Waals surface area (Å²) >= 11 is 0. The van der Waals surface area contributed by atoms with Gasteiger partial charge in [0.15, 0.2) is 0 Å². The van der Waals surface area contributed by atoms with Gasteiger partial charge in [0.1, 0.15) is 5.82 Å². The molecular formula is C13H19FN2. The second kappa shape index (κ2) is 4.52. The second-order valence-corrected chi connectivity index (χ2v) is 4.98. The maximum absolute atomic E-state index is 13.0. The number of rotatable bonds is 3. The highest BCUT2D eigenvalue weighted by Gasteiger charge is 2.31. The minimum Gasteiger partial charge on any atom is -0.324 e. The molecule has 1 heterocycles. The van der Waals surface area contributed by atoms with Crippen molar-refractivity contribution in [3.63, 3.8) is 0 Å². The van der Waals surface area contributed by atoms with Crippen molar-refractivity contribution < 1.29 is 4.39 Å². The molecule has 2 nitrogen and oxygen atoms in total. The van der Waals surface area contributed by atoms with Crippen LogP contribution in [0, 0.1) is 5.82 Å². The van der Waals surface area contributed by atoms with Crippen molar-refractivity contribution in [2.75, 3.05) is 20.1 Å². The molecule has 0 aromatic heterocycles. The topological polar surface area (TPSA) is 29.3 Å². The highest BCUT2D eigenvalue weighted by atomic mass is 19.1. The molecule has 1 fully saturated rings. The standard InChI is InChI=1S/C13H19FN2/c1-16-8-7-13(15,10-16)6-5-11-3-2-4-12(14)9-11/h2-4,9H,5-8,10,15H2,1H3. The van der Waals surface area contributed by atoms with Gasteiger partial charge in [-0.3, -0.25) is 0 Å². The van der Waals surface area contributed by atoms with Crippen molar-refractivity contribution in [2.45, 2.75) is 24.8 Å². The van der Waals surface area contributed by atoms with Crippen LogP contribution in [0.5, 0.6) is 0 Å². The highest BCUT2D eigenvalue weighted by Crippen LogP contribution is 2.22. The Morgan fingerprint density at radius 3 is 2.94 bits per heavy atom. The van der Waals surface area contributed by atoms with Gasteiger partial charge in [-0.2, -0.15) is 0 Å². The van der Waals surface area contributed by atoms with Crippen molar-refractivity contribution >= 4 is 0 Å². The molecule has 1 aliphatic heterocycles. The number of nitrogens with two attached hydrogens (primary N) is 1. The molecule has 0 bridgehead atoms. The van der Waals surface area contributed by atoms with Crippen LogP contribution >= 0.6 is 0 Å². The van der Waals surface area contributed by atoms with E-state index in [1.54, 1.807) is 12.1 Å². The van der Waals surface area contributed by atoms with E-state index in [4.69, 9.17) is 5.73 Å². The fourth-order valence-corrected chi connectivity index (χ4v) is 2.40. The molecule has 0 radical (unpaired) electrons. The Labute approximate surface area is 96.2 Å². The Morgan fingerprint density at radius 1 is 1.50 bits per heavy atom. The predicted molar refractivity (Wildman–Crippen MR) is 63.8 cm³/mol. The number of aryl methyl sites for hydroxylation is 1. The molecular weight excluding hydrogens is 203 g/mol. The maximum Gasteiger partial charge on any atom is 0.123 e. The van der Waals surface area contributed by atoms with E-state index in [0.717, 1.165) is 37.9 Å². The summed E-state index contributed by atoms with van der Waals surface area (Å²) in [5, 5.41) is 0. The van der Waals surface area contributed by atoms with Crippen LogP contribution in [-0.4, -0.2) is 30.6 Å². The monoisotopic (exact) mass is 222 g/mol. The van der Waals surface area contributed by atoms with Gasteiger partial charge in [0.2, 0.25) is 0 Å². The summed E-state index contributed by atoms with van der Waals surface area (Å²) in [5.74, 6) is -0.160. The van der Waals surface area contributed by atoms with E-state index in [1.165, 1.54) is 6.07 Å². The first-order valence-corrected chi connectivity index (χ1v) is 5.79. The molecule has 1 aromatic rings. The van der Waals surface area contributed by atoms with Gasteiger partial charge in [-0.15, -0.1) is 0 Å². The first kappa shape index (κ1) is 11.6. The van der Waals surface area contributed by atoms with Gasteiger partial charge in [0.25, 0.3) is 0 Å². The number of hydrogen-bond donors (Lipinski definition) is 1. The number of likely N-dealkylation sites (N-methyl/N-ethyl adjacent to an activating group) is 1. The minimum absolute atomic E-state index is 0.0823. The van der Waals surface area contributed by atoms with E-state index in [0.29, 0.717) is 0 Å². The van der Waals surface area contributed by atoms with Gasteiger partial charge in [0.05, 0.1) is 0 Å². The average Bonchev–Trinajstić information content (AvgIpc) is 2.57. The van der Waals surface area contributed by atoms with Crippen LogP contribution in [0.4, 0.5) is 4.39 Å². The van der Waals surface area contributed by atoms with Crippen molar-refractivity contribution in [2.24, 2.45) is 5.73 Å². The molecule has 2 rings (SSSR count). The third-order valence-corrected chi connectivity index (χ3v) is 3.38. The second-order valence-electron chi connectivity index (χ2n) is 4.98. The molecule has 2 N–H and O–H groups in total. The van der Waals surface area contributed by atoms with Crippen LogP contribution in [-0.2, 0) is 6.42 Å². The van der Waals surface area contributed by atoms with Gasteiger partial charge in [0, 0.05) is 12.1 Å². The summed E-state index contributed by atoms with van der Waals surface area (Å²) in [5.41, 5.74) is 7.26. The van der Waals surface area contributed by atoms with Crippen LogP contribution < -0.4 is 5.73 Å². The summed E-state index contributed by atoms with van der Waals surface area (Å²) in [6.07, 6.45) is 2.84. The van der Waals surface area contributed by atoms with Crippen molar-refractivity contribution in [1.82, 2.24) is 4.90 Å². The summed E-state index contributed by atoms with van der Waals surface area (Å²) in [6.45, 7) is 2.02. The number of nitrogens with zero attached hydrogens (tertiary/aromatic N) is 1. The minimum atomic E-state index is -0.160. The Hall–Kier alpha value is -0.930. The molecule has 1 saturated heterocycles. The molecule has 0 amide bonds. The molecule has 0 saturated carbocycles. The van der Waals surface area contributed by atoms with Crippen molar-refractivity contribution in [3.8, 4) is 0 Å². The Morgan fingerprint density at radius 2 is 2.31 bits per heavy atom. The molecule has 3 heteroatoms. The SMILES string of the molecule is CN1CCC(N)(CCc2cccc(F)c2)C1. The van der Waals surface area contributed by atoms with E-state index in [-0.39, 0.29) is 11.4 Å². The van der Waals surface area contributed by atoms with E-state index >= 15 is 0 Å². The van der Waals surface area contributed by atoms with Gasteiger partial charge < -0.3 is 10.6 Å². The Bertz CT molecular complexity index is 367. The molecule has 88 valence electrons. The lowest BCUT2D eigenvalue weighted by atomic mass is 9.91. The number of halogens is 1. The molecule has 1 aliphatic rings. The molecule has 16 heavy (non-hydrogen) atoms. The lowest BCUT2D eigenvalue weighted by molar-refractivity contribution is 0.354. The van der Waals surface area contributed by atoms with Gasteiger partial charge in [-0.1, -0.05) is 12.1 Å². The van der Waals surface area contributed by atoms with E-state index < -0.39 is 0 Å². The van der Waals surface area contributed by atoms with Crippen LogP contribution in [0.3, 0.4) is 0 Å². The Kier molecular flexibility index (Phi) is 3.26. The number of likely N-dealkylation sites (tertiary alicyclic amines) is 1. The van der Waals surface area contributed by atoms with Gasteiger partial charge in [-0.05, 0) is 50.6 Å². The first-order valence-electron chi connectivity index (χ1n) is 5.79. The van der Waals surface area contributed by atoms with Crippen molar-refractivity contribution in [3.05, 3.63) is 35.6 Å². The zero-order chi connectivity index (χ0) is 11.6. The fraction of sp³-hybridized carbons (Fsp3) is 0.538. The molecule has 1 atom stereocenters. The molecule has 1 aromatic carbocycles. The highest BCUT2D eigenvalue weighted by molar-refractivity contribution is 5.17. The van der Waals surface area contributed by atoms with Crippen LogP contribution in [0.1, 0.15) is 18.4 Å². The van der Waals surface area contributed by atoms with Crippen molar-refractivity contribution in [1.29, 1.82) is 0 Å². The molecule has 0 aliphatic carbocycles. The Balaban J connectivity index is 1.92. The first-order chi connectivity index (χ1) is 7.57. The lowest BCUT2D eigenvalue weighted by Crippen LogP contribution is -2.42. The van der Waals surface area contributed by atoms with Gasteiger partial charge in [-0.25, -0.2) is 4.39 Å². The molecule has 0 spiro atoms. The quantitative estimate of drug-likeness (QED) is 0.845. The zero-order valence-corrected chi connectivity index (χ0v) is 9.75. The third kappa shape index (κ3) is 2.80.